The van der Waals surface area contributed by atoms with Gasteiger partial charge in [0.25, 0.3) is 5.91 Å². The Morgan fingerprint density at radius 3 is 2.58 bits per heavy atom. The Kier molecular flexibility index (Phi) is 4.49. The van der Waals surface area contributed by atoms with Gasteiger partial charge in [-0.1, -0.05) is 29.8 Å². The highest BCUT2D eigenvalue weighted by atomic mass is 35.5. The van der Waals surface area contributed by atoms with Crippen molar-refractivity contribution in [3.8, 4) is 11.1 Å². The molecule has 0 unspecified atom stereocenters. The molecule has 4 rings (SSSR count). The number of nitrogens with zero attached hydrogens (tertiary/aromatic N) is 1. The SMILES string of the molecule is O=C(c1ccccc1-c1cc2cc(Cl)ccc2oc1=O)N1CCOCC1. The molecule has 1 aliphatic heterocycles. The van der Waals surface area contributed by atoms with Crippen molar-refractivity contribution in [3.05, 3.63) is 69.5 Å². The monoisotopic (exact) mass is 369 g/mol. The quantitative estimate of drug-likeness (QED) is 0.648. The Morgan fingerprint density at radius 1 is 1.00 bits per heavy atom. The van der Waals surface area contributed by atoms with Gasteiger partial charge in [0.2, 0.25) is 0 Å². The van der Waals surface area contributed by atoms with Crippen LogP contribution < -0.4 is 5.63 Å². The molecule has 0 saturated carbocycles. The van der Waals surface area contributed by atoms with Gasteiger partial charge in [-0.3, -0.25) is 4.79 Å². The standard InChI is InChI=1S/C20H16ClNO4/c21-14-5-6-18-13(11-14)12-17(20(24)26-18)15-3-1-2-4-16(15)19(23)22-7-9-25-10-8-22/h1-6,11-12H,7-10H2. The van der Waals surface area contributed by atoms with Crippen LogP contribution in [0.15, 0.2) is 57.7 Å². The zero-order chi connectivity index (χ0) is 18.1. The fourth-order valence-electron chi connectivity index (χ4n) is 3.12. The molecule has 6 heteroatoms. The molecule has 0 atom stereocenters. The van der Waals surface area contributed by atoms with E-state index in [9.17, 15) is 9.59 Å². The molecule has 0 radical (unpaired) electrons. The van der Waals surface area contributed by atoms with Crippen LogP contribution >= 0.6 is 11.6 Å². The molecule has 5 nitrogen and oxygen atoms in total. The smallest absolute Gasteiger partial charge is 0.344 e. The minimum Gasteiger partial charge on any atom is -0.422 e. The van der Waals surface area contributed by atoms with Crippen LogP contribution in [0.4, 0.5) is 0 Å². The highest BCUT2D eigenvalue weighted by Gasteiger charge is 2.22. The molecule has 0 bridgehead atoms. The third-order valence-electron chi connectivity index (χ3n) is 4.44. The summed E-state index contributed by atoms with van der Waals surface area (Å²) >= 11 is 6.05. The number of hydrogen-bond acceptors (Lipinski definition) is 4. The molecular formula is C20H16ClNO4. The summed E-state index contributed by atoms with van der Waals surface area (Å²) in [5.41, 5.74) is 1.35. The molecule has 2 heterocycles. The zero-order valence-electron chi connectivity index (χ0n) is 13.9. The number of fused-ring (bicyclic) bond motifs is 1. The van der Waals surface area contributed by atoms with E-state index in [1.807, 2.05) is 0 Å². The summed E-state index contributed by atoms with van der Waals surface area (Å²) < 4.78 is 10.7. The van der Waals surface area contributed by atoms with Gasteiger partial charge in [0.1, 0.15) is 5.58 Å². The van der Waals surface area contributed by atoms with Gasteiger partial charge >= 0.3 is 5.63 Å². The Bertz CT molecular complexity index is 1040. The fraction of sp³-hybridized carbons (Fsp3) is 0.200. The third kappa shape index (κ3) is 3.11. The summed E-state index contributed by atoms with van der Waals surface area (Å²) in [5.74, 6) is -0.116. The lowest BCUT2D eigenvalue weighted by Gasteiger charge is -2.27. The predicted molar refractivity (Wildman–Crippen MR) is 99.7 cm³/mol. The van der Waals surface area contributed by atoms with Crippen molar-refractivity contribution >= 4 is 28.5 Å². The lowest BCUT2D eigenvalue weighted by Crippen LogP contribution is -2.40. The number of hydrogen-bond donors (Lipinski definition) is 0. The number of halogens is 1. The largest absolute Gasteiger partial charge is 0.422 e. The van der Waals surface area contributed by atoms with Gasteiger partial charge in [-0.2, -0.15) is 0 Å². The molecule has 1 amide bonds. The van der Waals surface area contributed by atoms with Crippen LogP contribution in [0.1, 0.15) is 10.4 Å². The minimum atomic E-state index is -0.484. The van der Waals surface area contributed by atoms with Crippen molar-refractivity contribution in [2.45, 2.75) is 0 Å². The highest BCUT2D eigenvalue weighted by Crippen LogP contribution is 2.27. The van der Waals surface area contributed by atoms with Gasteiger partial charge in [0.15, 0.2) is 0 Å². The van der Waals surface area contributed by atoms with Gasteiger partial charge in [0, 0.05) is 34.6 Å². The number of carbonyl (C=O) groups excluding carboxylic acids is 1. The molecule has 1 saturated heterocycles. The van der Waals surface area contributed by atoms with Crippen molar-refractivity contribution in [2.75, 3.05) is 26.3 Å². The third-order valence-corrected chi connectivity index (χ3v) is 4.68. The number of ether oxygens (including phenoxy) is 1. The van der Waals surface area contributed by atoms with Crippen molar-refractivity contribution in [3.63, 3.8) is 0 Å². The van der Waals surface area contributed by atoms with Crippen LogP contribution in [0.2, 0.25) is 5.02 Å². The summed E-state index contributed by atoms with van der Waals surface area (Å²) in [6.07, 6.45) is 0. The summed E-state index contributed by atoms with van der Waals surface area (Å²) in [7, 11) is 0. The predicted octanol–water partition coefficient (Wildman–Crippen LogP) is 3.59. The molecule has 1 aliphatic rings. The van der Waals surface area contributed by atoms with Crippen molar-refractivity contribution in [2.24, 2.45) is 0 Å². The maximum absolute atomic E-state index is 12.9. The number of rotatable bonds is 2. The number of amides is 1. The number of benzene rings is 2. The second kappa shape index (κ2) is 6.94. The topological polar surface area (TPSA) is 59.8 Å². The summed E-state index contributed by atoms with van der Waals surface area (Å²) in [5, 5.41) is 1.26. The second-order valence-corrected chi connectivity index (χ2v) is 6.52. The Hall–Kier alpha value is -2.63. The molecule has 0 N–H and O–H groups in total. The van der Waals surface area contributed by atoms with Crippen molar-refractivity contribution in [1.29, 1.82) is 0 Å². The first kappa shape index (κ1) is 16.8. The summed E-state index contributed by atoms with van der Waals surface area (Å²) in [4.78, 5) is 27.2. The van der Waals surface area contributed by atoms with Crippen LogP contribution in [0.3, 0.4) is 0 Å². The van der Waals surface area contributed by atoms with E-state index in [2.05, 4.69) is 0 Å². The van der Waals surface area contributed by atoms with Crippen molar-refractivity contribution < 1.29 is 13.9 Å². The second-order valence-electron chi connectivity index (χ2n) is 6.08. The first-order valence-corrected chi connectivity index (χ1v) is 8.71. The molecule has 132 valence electrons. The molecule has 1 fully saturated rings. The average molecular weight is 370 g/mol. The van der Waals surface area contributed by atoms with Gasteiger partial charge < -0.3 is 14.1 Å². The molecule has 26 heavy (non-hydrogen) atoms. The van der Waals surface area contributed by atoms with Crippen LogP contribution in [0.5, 0.6) is 0 Å². The van der Waals surface area contributed by atoms with E-state index < -0.39 is 5.63 Å². The van der Waals surface area contributed by atoms with Gasteiger partial charge in [-0.05, 0) is 30.3 Å². The molecule has 0 aliphatic carbocycles. The summed E-state index contributed by atoms with van der Waals surface area (Å²) in [6, 6.07) is 13.9. The zero-order valence-corrected chi connectivity index (χ0v) is 14.7. The molecule has 3 aromatic rings. The number of morpholine rings is 1. The van der Waals surface area contributed by atoms with E-state index in [0.29, 0.717) is 59.0 Å². The highest BCUT2D eigenvalue weighted by molar-refractivity contribution is 6.31. The van der Waals surface area contributed by atoms with Crippen LogP contribution in [-0.2, 0) is 4.74 Å². The summed E-state index contributed by atoms with van der Waals surface area (Å²) in [6.45, 7) is 2.11. The number of carbonyl (C=O) groups is 1. The van der Waals surface area contributed by atoms with Crippen LogP contribution in [-0.4, -0.2) is 37.1 Å². The normalized spacial score (nSPS) is 14.6. The Balaban J connectivity index is 1.83. The van der Waals surface area contributed by atoms with E-state index in [-0.39, 0.29) is 5.91 Å². The molecular weight excluding hydrogens is 354 g/mol. The maximum atomic E-state index is 12.9. The van der Waals surface area contributed by atoms with E-state index in [1.54, 1.807) is 53.4 Å². The Morgan fingerprint density at radius 2 is 1.77 bits per heavy atom. The van der Waals surface area contributed by atoms with E-state index >= 15 is 0 Å². The Labute approximate surface area is 154 Å². The van der Waals surface area contributed by atoms with Crippen LogP contribution in [0.25, 0.3) is 22.1 Å². The average Bonchev–Trinajstić information content (AvgIpc) is 2.68. The lowest BCUT2D eigenvalue weighted by atomic mass is 9.99. The lowest BCUT2D eigenvalue weighted by molar-refractivity contribution is 0.0303. The first-order valence-electron chi connectivity index (χ1n) is 8.33. The fourth-order valence-corrected chi connectivity index (χ4v) is 3.30. The minimum absolute atomic E-state index is 0.116. The van der Waals surface area contributed by atoms with Gasteiger partial charge in [-0.15, -0.1) is 0 Å². The van der Waals surface area contributed by atoms with E-state index in [4.69, 9.17) is 20.8 Å². The van der Waals surface area contributed by atoms with Crippen LogP contribution in [0, 0.1) is 0 Å². The molecule has 2 aromatic carbocycles. The first-order chi connectivity index (χ1) is 12.6. The molecule has 1 aromatic heterocycles. The van der Waals surface area contributed by atoms with Gasteiger partial charge in [-0.25, -0.2) is 4.79 Å². The van der Waals surface area contributed by atoms with Crippen molar-refractivity contribution in [1.82, 2.24) is 4.90 Å². The van der Waals surface area contributed by atoms with E-state index in [0.717, 1.165) is 0 Å². The molecule has 0 spiro atoms. The maximum Gasteiger partial charge on any atom is 0.344 e. The van der Waals surface area contributed by atoms with Gasteiger partial charge in [0.05, 0.1) is 18.8 Å². The van der Waals surface area contributed by atoms with E-state index in [1.165, 1.54) is 0 Å².